The molecule has 0 unspecified atom stereocenters. The summed E-state index contributed by atoms with van der Waals surface area (Å²) in [6, 6.07) is 3.90. The largest absolute Gasteiger partial charge is 0.481 e. The van der Waals surface area contributed by atoms with Crippen LogP contribution in [-0.4, -0.2) is 61.0 Å². The minimum atomic E-state index is 0.127. The van der Waals surface area contributed by atoms with E-state index in [0.717, 1.165) is 54.4 Å². The number of ether oxygens (including phenoxy) is 3. The minimum absolute atomic E-state index is 0.127. The molecule has 1 aliphatic rings. The molecule has 0 radical (unpaired) electrons. The van der Waals surface area contributed by atoms with Gasteiger partial charge in [-0.3, -0.25) is 0 Å². The molecule has 2 atom stereocenters. The predicted octanol–water partition coefficient (Wildman–Crippen LogP) is 2.47. The summed E-state index contributed by atoms with van der Waals surface area (Å²) in [4.78, 5) is 14.3. The Labute approximate surface area is 172 Å². The first-order valence-electron chi connectivity index (χ1n) is 10.2. The van der Waals surface area contributed by atoms with Crippen LogP contribution in [0.15, 0.2) is 12.1 Å². The second-order valence-corrected chi connectivity index (χ2v) is 6.83. The number of aryl methyl sites for hydroxylation is 2. The monoisotopic (exact) mass is 401 g/mol. The molecule has 3 heterocycles. The van der Waals surface area contributed by atoms with Crippen molar-refractivity contribution in [3.63, 3.8) is 0 Å². The lowest BCUT2D eigenvalue weighted by atomic mass is 10.1. The number of hydrogen-bond donors (Lipinski definition) is 2. The average Bonchev–Trinajstić information content (AvgIpc) is 3.19. The maximum Gasteiger partial charge on any atom is 0.226 e. The highest BCUT2D eigenvalue weighted by molar-refractivity contribution is 5.69. The van der Waals surface area contributed by atoms with Crippen molar-refractivity contribution in [3.8, 4) is 23.0 Å². The second kappa shape index (κ2) is 9.84. The number of nitrogens with one attached hydrogen (secondary N) is 2. The van der Waals surface area contributed by atoms with Crippen LogP contribution in [0.5, 0.6) is 11.8 Å². The van der Waals surface area contributed by atoms with Crippen LogP contribution >= 0.6 is 0 Å². The van der Waals surface area contributed by atoms with Crippen molar-refractivity contribution in [3.05, 3.63) is 23.5 Å². The molecule has 29 heavy (non-hydrogen) atoms. The van der Waals surface area contributed by atoms with E-state index in [-0.39, 0.29) is 12.1 Å². The normalized spacial score (nSPS) is 18.7. The standard InChI is InChI=1S/C21H31N5O3/c1-6-14-19(13-9-10-18(27-4)26-21(13)28-5)23-15(7-2)20(24-14)25-16-11-22-12-17(16)29-8-3/h9-10,16-17,22H,6-8,11-12H2,1-5H3,(H,24,25)/t16-,17-/m1/s1. The van der Waals surface area contributed by atoms with Crippen LogP contribution in [0, 0.1) is 0 Å². The summed E-state index contributed by atoms with van der Waals surface area (Å²) in [5, 5.41) is 6.95. The fourth-order valence-electron chi connectivity index (χ4n) is 3.57. The van der Waals surface area contributed by atoms with Crippen molar-refractivity contribution in [2.45, 2.75) is 45.8 Å². The van der Waals surface area contributed by atoms with Crippen LogP contribution in [-0.2, 0) is 17.6 Å². The van der Waals surface area contributed by atoms with Crippen molar-refractivity contribution in [2.75, 3.05) is 39.2 Å². The van der Waals surface area contributed by atoms with Gasteiger partial charge in [0.15, 0.2) is 0 Å². The van der Waals surface area contributed by atoms with E-state index >= 15 is 0 Å². The molecule has 0 spiro atoms. The summed E-state index contributed by atoms with van der Waals surface area (Å²) >= 11 is 0. The Morgan fingerprint density at radius 1 is 1.00 bits per heavy atom. The Balaban J connectivity index is 1.99. The van der Waals surface area contributed by atoms with E-state index in [0.29, 0.717) is 18.4 Å². The second-order valence-electron chi connectivity index (χ2n) is 6.83. The summed E-state index contributed by atoms with van der Waals surface area (Å²) in [7, 11) is 3.18. The fourth-order valence-corrected chi connectivity index (χ4v) is 3.57. The topological polar surface area (TPSA) is 90.4 Å². The van der Waals surface area contributed by atoms with Crippen molar-refractivity contribution in [1.29, 1.82) is 0 Å². The summed E-state index contributed by atoms with van der Waals surface area (Å²) in [6.07, 6.45) is 1.63. The third-order valence-corrected chi connectivity index (χ3v) is 5.06. The molecule has 2 aromatic rings. The lowest BCUT2D eigenvalue weighted by Crippen LogP contribution is -2.35. The van der Waals surface area contributed by atoms with Gasteiger partial charge < -0.3 is 24.8 Å². The van der Waals surface area contributed by atoms with Gasteiger partial charge in [0.05, 0.1) is 49.0 Å². The molecule has 1 saturated heterocycles. The first-order valence-corrected chi connectivity index (χ1v) is 10.2. The molecular weight excluding hydrogens is 370 g/mol. The number of nitrogens with zero attached hydrogens (tertiary/aromatic N) is 3. The zero-order valence-corrected chi connectivity index (χ0v) is 17.9. The molecule has 0 saturated carbocycles. The zero-order chi connectivity index (χ0) is 20.8. The molecule has 8 nitrogen and oxygen atoms in total. The van der Waals surface area contributed by atoms with E-state index in [1.165, 1.54) is 0 Å². The third kappa shape index (κ3) is 4.59. The Morgan fingerprint density at radius 3 is 2.45 bits per heavy atom. The van der Waals surface area contributed by atoms with Crippen LogP contribution in [0.2, 0.25) is 0 Å². The summed E-state index contributed by atoms with van der Waals surface area (Å²) in [5.74, 6) is 1.81. The SMILES string of the molecule is CCO[C@@H]1CNC[C@H]1Nc1nc(CC)c(-c2ccc(OC)nc2OC)nc1CC. The van der Waals surface area contributed by atoms with E-state index in [9.17, 15) is 0 Å². The maximum atomic E-state index is 5.85. The first-order chi connectivity index (χ1) is 14.1. The van der Waals surface area contributed by atoms with E-state index in [1.807, 2.05) is 19.1 Å². The Kier molecular flexibility index (Phi) is 7.22. The van der Waals surface area contributed by atoms with Gasteiger partial charge in [-0.05, 0) is 25.8 Å². The van der Waals surface area contributed by atoms with E-state index in [4.69, 9.17) is 24.2 Å². The van der Waals surface area contributed by atoms with Gasteiger partial charge in [0.1, 0.15) is 5.82 Å². The molecule has 0 aliphatic carbocycles. The summed E-state index contributed by atoms with van der Waals surface area (Å²) in [5.41, 5.74) is 3.42. The molecule has 0 amide bonds. The quantitative estimate of drug-likeness (QED) is 0.662. The van der Waals surface area contributed by atoms with Crippen LogP contribution in [0.1, 0.15) is 32.2 Å². The molecule has 2 aromatic heterocycles. The van der Waals surface area contributed by atoms with Crippen molar-refractivity contribution < 1.29 is 14.2 Å². The maximum absolute atomic E-state index is 5.85. The molecule has 0 bridgehead atoms. The molecule has 8 heteroatoms. The zero-order valence-electron chi connectivity index (χ0n) is 17.9. The fraction of sp³-hybridized carbons (Fsp3) is 0.571. The molecule has 2 N–H and O–H groups in total. The highest BCUT2D eigenvalue weighted by Gasteiger charge is 2.29. The van der Waals surface area contributed by atoms with Gasteiger partial charge in [0, 0.05) is 25.8 Å². The van der Waals surface area contributed by atoms with E-state index in [1.54, 1.807) is 14.2 Å². The molecule has 1 aliphatic heterocycles. The van der Waals surface area contributed by atoms with Gasteiger partial charge >= 0.3 is 0 Å². The number of pyridine rings is 1. The van der Waals surface area contributed by atoms with E-state index in [2.05, 4.69) is 29.5 Å². The minimum Gasteiger partial charge on any atom is -0.481 e. The highest BCUT2D eigenvalue weighted by atomic mass is 16.5. The molecule has 1 fully saturated rings. The number of rotatable bonds is 9. The summed E-state index contributed by atoms with van der Waals surface area (Å²) < 4.78 is 16.6. The Morgan fingerprint density at radius 2 is 1.79 bits per heavy atom. The van der Waals surface area contributed by atoms with Gasteiger partial charge in [-0.25, -0.2) is 9.97 Å². The predicted molar refractivity (Wildman–Crippen MR) is 113 cm³/mol. The third-order valence-electron chi connectivity index (χ3n) is 5.06. The van der Waals surface area contributed by atoms with E-state index < -0.39 is 0 Å². The highest BCUT2D eigenvalue weighted by Crippen LogP contribution is 2.32. The van der Waals surface area contributed by atoms with Gasteiger partial charge in [0.25, 0.3) is 0 Å². The van der Waals surface area contributed by atoms with Gasteiger partial charge in [0.2, 0.25) is 11.8 Å². The lowest BCUT2D eigenvalue weighted by molar-refractivity contribution is 0.0709. The van der Waals surface area contributed by atoms with Crippen LogP contribution in [0.4, 0.5) is 5.82 Å². The molecule has 158 valence electrons. The molecule has 0 aromatic carbocycles. The van der Waals surface area contributed by atoms with Crippen molar-refractivity contribution in [1.82, 2.24) is 20.3 Å². The van der Waals surface area contributed by atoms with Crippen molar-refractivity contribution in [2.24, 2.45) is 0 Å². The number of aromatic nitrogens is 3. The Bertz CT molecular complexity index is 830. The van der Waals surface area contributed by atoms with Gasteiger partial charge in [-0.15, -0.1) is 0 Å². The van der Waals surface area contributed by atoms with Gasteiger partial charge in [-0.1, -0.05) is 13.8 Å². The summed E-state index contributed by atoms with van der Waals surface area (Å²) in [6.45, 7) is 8.56. The van der Waals surface area contributed by atoms with Crippen LogP contribution in [0.25, 0.3) is 11.3 Å². The van der Waals surface area contributed by atoms with Crippen LogP contribution in [0.3, 0.4) is 0 Å². The average molecular weight is 402 g/mol. The number of hydrogen-bond acceptors (Lipinski definition) is 8. The smallest absolute Gasteiger partial charge is 0.226 e. The van der Waals surface area contributed by atoms with Crippen molar-refractivity contribution >= 4 is 5.82 Å². The first kappa shape index (κ1) is 21.3. The number of anilines is 1. The number of methoxy groups -OCH3 is 2. The van der Waals surface area contributed by atoms with Crippen LogP contribution < -0.4 is 20.1 Å². The van der Waals surface area contributed by atoms with Gasteiger partial charge in [-0.2, -0.15) is 4.98 Å². The Hall–Kier alpha value is -2.45. The lowest BCUT2D eigenvalue weighted by Gasteiger charge is -2.22. The molecular formula is C21H31N5O3. The molecule has 3 rings (SSSR count).